The smallest absolute Gasteiger partial charge is 0.325 e. The minimum atomic E-state index is -0.316. The lowest BCUT2D eigenvalue weighted by Crippen LogP contribution is -2.21. The molecular weight excluding hydrogens is 334 g/mol. The number of thiazole rings is 1. The number of aryl methyl sites for hydroxylation is 1. The third kappa shape index (κ3) is 3.85. The van der Waals surface area contributed by atoms with Crippen LogP contribution < -0.4 is 4.80 Å². The van der Waals surface area contributed by atoms with Gasteiger partial charge in [-0.25, -0.2) is 0 Å². The Morgan fingerprint density at radius 1 is 1.16 bits per heavy atom. The van der Waals surface area contributed by atoms with Crippen molar-refractivity contribution in [3.8, 4) is 0 Å². The summed E-state index contributed by atoms with van der Waals surface area (Å²) in [5, 5.41) is 8.75. The van der Waals surface area contributed by atoms with E-state index in [4.69, 9.17) is 4.74 Å². The quantitative estimate of drug-likeness (QED) is 0.409. The van der Waals surface area contributed by atoms with Gasteiger partial charge in [-0.1, -0.05) is 53.3 Å². The number of aromatic nitrogens is 1. The number of ether oxygens (including phenoxy) is 1. The monoisotopic (exact) mass is 353 g/mol. The molecule has 0 radical (unpaired) electrons. The Kier molecular flexibility index (Phi) is 5.09. The first-order valence-corrected chi connectivity index (χ1v) is 8.70. The first kappa shape index (κ1) is 17.1. The fourth-order valence-corrected chi connectivity index (χ4v) is 3.39. The van der Waals surface area contributed by atoms with Crippen molar-refractivity contribution in [1.29, 1.82) is 0 Å². The van der Waals surface area contributed by atoms with Gasteiger partial charge in [0.2, 0.25) is 4.80 Å². The van der Waals surface area contributed by atoms with Crippen molar-refractivity contribution < 1.29 is 9.53 Å². The predicted octanol–water partition coefficient (Wildman–Crippen LogP) is 3.51. The summed E-state index contributed by atoms with van der Waals surface area (Å²) in [5.74, 6) is -0.316. The van der Waals surface area contributed by atoms with Crippen LogP contribution in [0.4, 0.5) is 0 Å². The molecule has 0 N–H and O–H groups in total. The molecule has 0 aliphatic heterocycles. The third-order valence-corrected chi connectivity index (χ3v) is 4.91. The molecular formula is C19H19N3O2S. The molecule has 0 aliphatic rings. The molecule has 25 heavy (non-hydrogen) atoms. The zero-order valence-corrected chi connectivity index (χ0v) is 15.2. The molecule has 3 rings (SSSR count). The van der Waals surface area contributed by atoms with Crippen LogP contribution in [0.2, 0.25) is 0 Å². The molecule has 0 saturated carbocycles. The molecule has 0 bridgehead atoms. The Bertz CT molecular complexity index is 997. The van der Waals surface area contributed by atoms with E-state index in [0.717, 1.165) is 21.5 Å². The number of carbonyl (C=O) groups excluding carboxylic acids is 1. The number of methoxy groups -OCH3 is 1. The van der Waals surface area contributed by atoms with E-state index >= 15 is 0 Å². The van der Waals surface area contributed by atoms with E-state index in [0.29, 0.717) is 4.80 Å². The Hall–Kier alpha value is -2.73. The molecule has 0 spiro atoms. The first-order chi connectivity index (χ1) is 12.1. The van der Waals surface area contributed by atoms with E-state index in [1.165, 1.54) is 24.0 Å². The van der Waals surface area contributed by atoms with Gasteiger partial charge in [0.15, 0.2) is 0 Å². The van der Waals surface area contributed by atoms with Gasteiger partial charge in [-0.15, -0.1) is 5.10 Å². The van der Waals surface area contributed by atoms with Gasteiger partial charge in [-0.05, 0) is 31.5 Å². The largest absolute Gasteiger partial charge is 0.468 e. The van der Waals surface area contributed by atoms with Crippen LogP contribution in [0.5, 0.6) is 0 Å². The number of carbonyl (C=O) groups is 1. The highest BCUT2D eigenvalue weighted by Crippen LogP contribution is 2.16. The van der Waals surface area contributed by atoms with Crippen LogP contribution in [0.15, 0.2) is 58.7 Å². The van der Waals surface area contributed by atoms with E-state index < -0.39 is 0 Å². The molecule has 1 aromatic heterocycles. The van der Waals surface area contributed by atoms with Gasteiger partial charge in [-0.3, -0.25) is 4.79 Å². The Balaban J connectivity index is 2.05. The Labute approximate surface area is 149 Å². The van der Waals surface area contributed by atoms with Crippen molar-refractivity contribution in [2.75, 3.05) is 7.11 Å². The highest BCUT2D eigenvalue weighted by molar-refractivity contribution is 7.16. The second-order valence-electron chi connectivity index (χ2n) is 5.67. The summed E-state index contributed by atoms with van der Waals surface area (Å²) in [5.41, 5.74) is 3.99. The molecule has 128 valence electrons. The van der Waals surface area contributed by atoms with Gasteiger partial charge in [0.1, 0.15) is 6.54 Å². The number of hydrogen-bond acceptors (Lipinski definition) is 5. The third-order valence-electron chi connectivity index (χ3n) is 3.86. The minimum absolute atomic E-state index is 0.110. The van der Waals surface area contributed by atoms with E-state index in [1.54, 1.807) is 0 Å². The van der Waals surface area contributed by atoms with Gasteiger partial charge in [0.25, 0.3) is 0 Å². The summed E-state index contributed by atoms with van der Waals surface area (Å²) in [4.78, 5) is 12.4. The lowest BCUT2D eigenvalue weighted by atomic mass is 10.1. The standard InChI is InChI=1S/C19H19N3O2S/c1-13-8-10-15(11-9-13)14(2)20-21-19-22(12-18(23)24-3)16-6-4-5-7-17(16)25-19/h4-11H,12H2,1-3H3/b20-14-,21-19-. The maximum Gasteiger partial charge on any atom is 0.325 e. The first-order valence-electron chi connectivity index (χ1n) is 7.89. The lowest BCUT2D eigenvalue weighted by Gasteiger charge is -2.03. The minimum Gasteiger partial charge on any atom is -0.468 e. The van der Waals surface area contributed by atoms with Crippen molar-refractivity contribution in [2.24, 2.45) is 10.2 Å². The molecule has 0 aliphatic carbocycles. The molecule has 0 unspecified atom stereocenters. The molecule has 5 nitrogen and oxygen atoms in total. The highest BCUT2D eigenvalue weighted by atomic mass is 32.1. The predicted molar refractivity (Wildman–Crippen MR) is 101 cm³/mol. The average Bonchev–Trinajstić information content (AvgIpc) is 2.98. The lowest BCUT2D eigenvalue weighted by molar-refractivity contribution is -0.141. The van der Waals surface area contributed by atoms with Crippen LogP contribution in [-0.4, -0.2) is 23.4 Å². The van der Waals surface area contributed by atoms with Crippen molar-refractivity contribution in [3.05, 3.63) is 64.5 Å². The number of rotatable bonds is 4. The van der Waals surface area contributed by atoms with Crippen molar-refractivity contribution in [3.63, 3.8) is 0 Å². The second-order valence-corrected chi connectivity index (χ2v) is 6.68. The zero-order chi connectivity index (χ0) is 17.8. The van der Waals surface area contributed by atoms with E-state index in [-0.39, 0.29) is 12.5 Å². The van der Waals surface area contributed by atoms with Crippen LogP contribution in [0, 0.1) is 6.92 Å². The van der Waals surface area contributed by atoms with Crippen molar-refractivity contribution in [1.82, 2.24) is 4.57 Å². The number of nitrogens with zero attached hydrogens (tertiary/aromatic N) is 3. The van der Waals surface area contributed by atoms with E-state index in [1.807, 2.05) is 66.9 Å². The summed E-state index contributed by atoms with van der Waals surface area (Å²) in [6.45, 7) is 4.08. The molecule has 6 heteroatoms. The summed E-state index contributed by atoms with van der Waals surface area (Å²) in [7, 11) is 1.38. The Morgan fingerprint density at radius 3 is 2.60 bits per heavy atom. The van der Waals surface area contributed by atoms with Crippen LogP contribution in [-0.2, 0) is 16.1 Å². The van der Waals surface area contributed by atoms with Crippen LogP contribution in [0.3, 0.4) is 0 Å². The highest BCUT2D eigenvalue weighted by Gasteiger charge is 2.10. The van der Waals surface area contributed by atoms with E-state index in [2.05, 4.69) is 10.2 Å². The molecule has 3 aromatic rings. The molecule has 0 atom stereocenters. The average molecular weight is 353 g/mol. The number of hydrogen-bond donors (Lipinski definition) is 0. The fourth-order valence-electron chi connectivity index (χ4n) is 2.41. The maximum atomic E-state index is 11.8. The number of fused-ring (bicyclic) bond motifs is 1. The summed E-state index contributed by atoms with van der Waals surface area (Å²) in [6.07, 6.45) is 0. The summed E-state index contributed by atoms with van der Waals surface area (Å²) in [6, 6.07) is 16.0. The summed E-state index contributed by atoms with van der Waals surface area (Å²) >= 11 is 1.50. The molecule has 1 heterocycles. The van der Waals surface area contributed by atoms with Gasteiger partial charge in [0.05, 0.1) is 23.0 Å². The zero-order valence-electron chi connectivity index (χ0n) is 14.4. The second kappa shape index (κ2) is 7.44. The van der Waals surface area contributed by atoms with E-state index in [9.17, 15) is 4.79 Å². The van der Waals surface area contributed by atoms with Crippen molar-refractivity contribution >= 4 is 33.2 Å². The van der Waals surface area contributed by atoms with Crippen LogP contribution >= 0.6 is 11.3 Å². The number of benzene rings is 2. The van der Waals surface area contributed by atoms with Gasteiger partial charge in [0, 0.05) is 0 Å². The SMILES string of the molecule is COC(=O)Cn1/c(=N/N=C(/C)c2ccc(C)cc2)sc2ccccc21. The topological polar surface area (TPSA) is 56.0 Å². The van der Waals surface area contributed by atoms with Crippen molar-refractivity contribution in [2.45, 2.75) is 20.4 Å². The maximum absolute atomic E-state index is 11.8. The molecule has 0 saturated heterocycles. The van der Waals surface area contributed by atoms with Crippen LogP contribution in [0.1, 0.15) is 18.1 Å². The normalized spacial score (nSPS) is 12.6. The van der Waals surface area contributed by atoms with Gasteiger partial charge < -0.3 is 9.30 Å². The number of esters is 1. The molecule has 0 fully saturated rings. The fraction of sp³-hybridized carbons (Fsp3) is 0.211. The molecule has 0 amide bonds. The van der Waals surface area contributed by atoms with Gasteiger partial charge in [-0.2, -0.15) is 5.10 Å². The summed E-state index contributed by atoms with van der Waals surface area (Å²) < 4.78 is 7.68. The number of para-hydroxylation sites is 1. The molecule has 2 aromatic carbocycles. The Morgan fingerprint density at radius 2 is 1.88 bits per heavy atom. The van der Waals surface area contributed by atoms with Gasteiger partial charge >= 0.3 is 5.97 Å². The van der Waals surface area contributed by atoms with Crippen LogP contribution in [0.25, 0.3) is 10.2 Å².